The molecular weight excluding hydrogens is 410 g/mol. The Morgan fingerprint density at radius 3 is 2.33 bits per heavy atom. The maximum atomic E-state index is 4.15. The van der Waals surface area contributed by atoms with E-state index in [2.05, 4.69) is 42.6 Å². The number of rotatable bonds is 4. The van der Waals surface area contributed by atoms with E-state index in [9.17, 15) is 0 Å². The first-order valence-corrected chi connectivity index (χ1v) is 10.0. The summed E-state index contributed by atoms with van der Waals surface area (Å²) in [6, 6.07) is 9.43. The quantitative estimate of drug-likeness (QED) is 0.497. The van der Waals surface area contributed by atoms with E-state index in [0.717, 1.165) is 5.92 Å². The van der Waals surface area contributed by atoms with Crippen LogP contribution in [-0.2, 0) is 0 Å². The molecule has 1 saturated carbocycles. The van der Waals surface area contributed by atoms with Crippen LogP contribution in [0.25, 0.3) is 0 Å². The van der Waals surface area contributed by atoms with E-state index in [1.807, 2.05) is 0 Å². The summed E-state index contributed by atoms with van der Waals surface area (Å²) in [6.07, 6.45) is 2.81. The van der Waals surface area contributed by atoms with Crippen LogP contribution in [-0.4, -0.2) is 5.94 Å². The van der Waals surface area contributed by atoms with Crippen LogP contribution in [0.5, 0.6) is 0 Å². The van der Waals surface area contributed by atoms with Gasteiger partial charge in [0.15, 0.2) is 0 Å². The molecule has 15 heavy (non-hydrogen) atoms. The van der Waals surface area contributed by atoms with Gasteiger partial charge in [-0.2, -0.15) is 0 Å². The van der Waals surface area contributed by atoms with Crippen molar-refractivity contribution in [2.75, 3.05) is 0 Å². The summed E-state index contributed by atoms with van der Waals surface area (Å²) in [5, 5.41) is 0. The zero-order chi connectivity index (χ0) is 10.9. The molecule has 0 saturated heterocycles. The molecule has 84 valence electrons. The molecule has 2 heteroatoms. The summed E-state index contributed by atoms with van der Waals surface area (Å²) in [5.41, 5.74) is 1.56. The zero-order valence-electron chi connectivity index (χ0n) is 9.26. The maximum absolute atomic E-state index is 4.15. The summed E-state index contributed by atoms with van der Waals surface area (Å²) >= 11 is 0.280. The Morgan fingerprint density at radius 2 is 1.87 bits per heavy atom. The molecule has 0 radical (unpaired) electrons. The summed E-state index contributed by atoms with van der Waals surface area (Å²) < 4.78 is 6.29. The molecule has 2 rings (SSSR count). The number of alkyl halides is 2. The molecule has 0 spiro atoms. The molecule has 1 aliphatic carbocycles. The van der Waals surface area contributed by atoms with Crippen molar-refractivity contribution >= 4 is 25.2 Å². The van der Waals surface area contributed by atoms with Gasteiger partial charge in [0.2, 0.25) is 0 Å². The third kappa shape index (κ3) is 3.51. The number of halogens is 2. The van der Waals surface area contributed by atoms with E-state index in [1.54, 1.807) is 9.13 Å². The van der Waals surface area contributed by atoms with Crippen molar-refractivity contribution in [3.8, 4) is 0 Å². The molecule has 0 atom stereocenters. The Hall–Kier alpha value is 0.550. The fourth-order valence-electron chi connectivity index (χ4n) is 1.50. The fraction of sp³-hybridized carbons (Fsp3) is 0.462. The van der Waals surface area contributed by atoms with Gasteiger partial charge < -0.3 is 0 Å². The van der Waals surface area contributed by atoms with E-state index < -0.39 is 0 Å². The van der Waals surface area contributed by atoms with Gasteiger partial charge in [0.05, 0.1) is 0 Å². The van der Waals surface area contributed by atoms with Crippen molar-refractivity contribution in [2.45, 2.75) is 34.0 Å². The second-order valence-electron chi connectivity index (χ2n) is 4.38. The minimum atomic E-state index is 0.126. The predicted molar refractivity (Wildman–Crippen MR) is 72.3 cm³/mol. The van der Waals surface area contributed by atoms with Crippen molar-refractivity contribution < 1.29 is 21.2 Å². The SMILES string of the molecule is C=IC(C)(C)[I-]c1ccc(C2CC2)cc1. The molecule has 0 aromatic heterocycles. The Kier molecular flexibility index (Phi) is 3.86. The second kappa shape index (κ2) is 4.82. The first kappa shape index (κ1) is 12.0. The molecule has 1 fully saturated rings. The number of hydrogen-bond donors (Lipinski definition) is 0. The van der Waals surface area contributed by atoms with Crippen molar-refractivity contribution in [1.29, 1.82) is 0 Å². The summed E-state index contributed by atoms with van der Waals surface area (Å²) in [6.45, 7) is 4.77. The van der Waals surface area contributed by atoms with Gasteiger partial charge in [-0.1, -0.05) is 0 Å². The van der Waals surface area contributed by atoms with Crippen molar-refractivity contribution in [3.05, 3.63) is 33.4 Å². The van der Waals surface area contributed by atoms with Crippen LogP contribution in [0, 0.1) is 3.57 Å². The molecule has 0 heterocycles. The van der Waals surface area contributed by atoms with Crippen LogP contribution in [0.4, 0.5) is 0 Å². The Balaban J connectivity index is 2.06. The van der Waals surface area contributed by atoms with E-state index in [4.69, 9.17) is 0 Å². The molecule has 1 aromatic rings. The number of benzene rings is 1. The Bertz CT molecular complexity index is 347. The third-order valence-corrected chi connectivity index (χ3v) is 10.3. The number of hydrogen-bond acceptors (Lipinski definition) is 0. The van der Waals surface area contributed by atoms with E-state index in [-0.39, 0.29) is 41.9 Å². The molecule has 1 aliphatic rings. The molecule has 0 aliphatic heterocycles. The topological polar surface area (TPSA) is 0 Å². The Morgan fingerprint density at radius 1 is 1.27 bits per heavy atom. The normalized spacial score (nSPS) is 16.9. The molecule has 0 unspecified atom stereocenters. The van der Waals surface area contributed by atoms with Crippen LogP contribution in [0.3, 0.4) is 0 Å². The first-order valence-electron chi connectivity index (χ1n) is 5.26. The molecule has 0 nitrogen and oxygen atoms in total. The molecule has 0 bridgehead atoms. The molecule has 0 N–H and O–H groups in total. The monoisotopic (exact) mass is 427 g/mol. The van der Waals surface area contributed by atoms with Gasteiger partial charge in [0.1, 0.15) is 0 Å². The van der Waals surface area contributed by atoms with Gasteiger partial charge >= 0.3 is 114 Å². The minimum absolute atomic E-state index is 0.126. The zero-order valence-corrected chi connectivity index (χ0v) is 13.6. The first-order chi connectivity index (χ1) is 7.11. The van der Waals surface area contributed by atoms with Crippen LogP contribution in [0.1, 0.15) is 38.2 Å². The van der Waals surface area contributed by atoms with Crippen molar-refractivity contribution in [1.82, 2.24) is 0 Å². The van der Waals surface area contributed by atoms with Gasteiger partial charge in [-0.05, 0) is 0 Å². The van der Waals surface area contributed by atoms with Crippen LogP contribution >= 0.6 is 20.7 Å². The second-order valence-corrected chi connectivity index (χ2v) is 14.4. The van der Waals surface area contributed by atoms with Gasteiger partial charge in [-0.25, -0.2) is 0 Å². The van der Waals surface area contributed by atoms with Crippen molar-refractivity contribution in [3.63, 3.8) is 0 Å². The van der Waals surface area contributed by atoms with Crippen LogP contribution < -0.4 is 21.2 Å². The average molecular weight is 427 g/mol. The Labute approximate surface area is 113 Å². The molecular formula is C13H17I2-. The van der Waals surface area contributed by atoms with Crippen LogP contribution in [0.15, 0.2) is 24.3 Å². The van der Waals surface area contributed by atoms with Gasteiger partial charge in [0, 0.05) is 0 Å². The third-order valence-electron chi connectivity index (χ3n) is 2.57. The van der Waals surface area contributed by atoms with Crippen molar-refractivity contribution in [2.24, 2.45) is 0 Å². The molecule has 0 amide bonds. The summed E-state index contributed by atoms with van der Waals surface area (Å²) in [4.78, 5) is 0. The van der Waals surface area contributed by atoms with Crippen LogP contribution in [0.2, 0.25) is 0 Å². The van der Waals surface area contributed by atoms with Gasteiger partial charge in [-0.15, -0.1) is 0 Å². The average Bonchev–Trinajstić information content (AvgIpc) is 3.02. The van der Waals surface area contributed by atoms with E-state index in [0.29, 0.717) is 1.43 Å². The van der Waals surface area contributed by atoms with Gasteiger partial charge in [0.25, 0.3) is 0 Å². The standard InChI is InChI=1S/C13H17I2/c1-13(2,14-3)15-12-8-6-11(7-9-12)10-4-5-10/h6-10H,3-5H2,1-2H3/q-1. The summed E-state index contributed by atoms with van der Waals surface area (Å²) in [5.74, 6) is 0.894. The fourth-order valence-corrected chi connectivity index (χ4v) is 6.39. The van der Waals surface area contributed by atoms with E-state index in [1.165, 1.54) is 12.8 Å². The molecule has 1 aromatic carbocycles. The van der Waals surface area contributed by atoms with Gasteiger partial charge in [-0.3, -0.25) is 0 Å². The predicted octanol–water partition coefficient (Wildman–Crippen LogP) is 0.961. The summed E-state index contributed by atoms with van der Waals surface area (Å²) in [7, 11) is 0. The van der Waals surface area contributed by atoms with E-state index >= 15 is 0 Å².